The third-order valence-corrected chi connectivity index (χ3v) is 5.14. The number of nitriles is 2. The molecule has 27 heavy (non-hydrogen) atoms. The van der Waals surface area contributed by atoms with Gasteiger partial charge in [-0.2, -0.15) is 10.5 Å². The lowest BCUT2D eigenvalue weighted by molar-refractivity contribution is -0.129. The summed E-state index contributed by atoms with van der Waals surface area (Å²) in [6.07, 6.45) is 1.77. The predicted octanol–water partition coefficient (Wildman–Crippen LogP) is 3.31. The van der Waals surface area contributed by atoms with Crippen LogP contribution in [0.2, 0.25) is 5.02 Å². The zero-order valence-corrected chi connectivity index (χ0v) is 14.9. The van der Waals surface area contributed by atoms with Crippen molar-refractivity contribution < 1.29 is 4.79 Å². The van der Waals surface area contributed by atoms with Crippen molar-refractivity contribution in [3.8, 4) is 12.1 Å². The van der Waals surface area contributed by atoms with Crippen LogP contribution in [0.5, 0.6) is 0 Å². The third kappa shape index (κ3) is 2.44. The molecule has 0 aliphatic carbocycles. The van der Waals surface area contributed by atoms with Crippen molar-refractivity contribution in [1.29, 1.82) is 10.5 Å². The SMILES string of the molecule is N#Cc1ccccc1[C@@]1(C#N)C(=O)N2CCN=C2C=C1c1ccc(Cl)cc1. The summed E-state index contributed by atoms with van der Waals surface area (Å²) in [6, 6.07) is 18.1. The second-order valence-corrected chi connectivity index (χ2v) is 6.72. The van der Waals surface area contributed by atoms with E-state index in [1.165, 1.54) is 4.90 Å². The molecule has 2 heterocycles. The van der Waals surface area contributed by atoms with E-state index < -0.39 is 5.41 Å². The Morgan fingerprint density at radius 1 is 1.11 bits per heavy atom. The monoisotopic (exact) mass is 372 g/mol. The van der Waals surface area contributed by atoms with E-state index in [2.05, 4.69) is 17.1 Å². The number of hydrogen-bond donors (Lipinski definition) is 0. The first-order chi connectivity index (χ1) is 13.1. The standard InChI is InChI=1S/C21H13ClN4O/c22-16-7-5-14(6-8-16)18-11-19-25-9-10-26(19)20(27)21(18,13-24)17-4-2-1-3-15(17)12-23/h1-8,11H,9-10H2/t21-/m1/s1. The van der Waals surface area contributed by atoms with Crippen LogP contribution in [0.1, 0.15) is 16.7 Å². The van der Waals surface area contributed by atoms with Crippen LogP contribution in [0, 0.1) is 22.7 Å². The maximum absolute atomic E-state index is 13.5. The van der Waals surface area contributed by atoms with Gasteiger partial charge in [-0.3, -0.25) is 14.7 Å². The number of carbonyl (C=O) groups is 1. The number of amidine groups is 1. The first-order valence-corrected chi connectivity index (χ1v) is 8.75. The molecule has 2 aliphatic heterocycles. The summed E-state index contributed by atoms with van der Waals surface area (Å²) in [5, 5.41) is 20.4. The van der Waals surface area contributed by atoms with Crippen LogP contribution in [0.15, 0.2) is 59.6 Å². The molecule has 5 nitrogen and oxygen atoms in total. The van der Waals surface area contributed by atoms with Crippen molar-refractivity contribution in [2.75, 3.05) is 13.1 Å². The number of rotatable bonds is 2. The molecular weight excluding hydrogens is 360 g/mol. The molecule has 0 N–H and O–H groups in total. The maximum atomic E-state index is 13.5. The Labute approximate surface area is 161 Å². The number of carbonyl (C=O) groups excluding carboxylic acids is 1. The van der Waals surface area contributed by atoms with Crippen molar-refractivity contribution >= 4 is 28.9 Å². The molecule has 1 amide bonds. The lowest BCUT2D eigenvalue weighted by atomic mass is 9.68. The van der Waals surface area contributed by atoms with E-state index in [0.29, 0.717) is 46.2 Å². The summed E-state index contributed by atoms with van der Waals surface area (Å²) in [4.78, 5) is 19.4. The van der Waals surface area contributed by atoms with Crippen molar-refractivity contribution in [2.24, 2.45) is 4.99 Å². The number of fused-ring (bicyclic) bond motifs is 1. The van der Waals surface area contributed by atoms with E-state index in [4.69, 9.17) is 11.6 Å². The molecule has 1 atom stereocenters. The van der Waals surface area contributed by atoms with Gasteiger partial charge in [-0.05, 0) is 35.4 Å². The Morgan fingerprint density at radius 2 is 1.85 bits per heavy atom. The molecule has 0 spiro atoms. The van der Waals surface area contributed by atoms with Gasteiger partial charge < -0.3 is 0 Å². The molecule has 2 aromatic carbocycles. The highest BCUT2D eigenvalue weighted by Gasteiger charge is 2.52. The van der Waals surface area contributed by atoms with Crippen molar-refractivity contribution in [3.05, 3.63) is 76.3 Å². The second kappa shape index (κ2) is 6.39. The van der Waals surface area contributed by atoms with E-state index in [0.717, 1.165) is 0 Å². The second-order valence-electron chi connectivity index (χ2n) is 6.28. The van der Waals surface area contributed by atoms with Crippen LogP contribution in [0.3, 0.4) is 0 Å². The topological polar surface area (TPSA) is 80.2 Å². The van der Waals surface area contributed by atoms with Gasteiger partial charge in [0.2, 0.25) is 0 Å². The van der Waals surface area contributed by atoms with Gasteiger partial charge in [0.15, 0.2) is 5.41 Å². The first kappa shape index (κ1) is 17.0. The molecule has 2 aromatic rings. The Balaban J connectivity index is 2.05. The summed E-state index contributed by atoms with van der Waals surface area (Å²) in [7, 11) is 0. The minimum absolute atomic E-state index is 0.298. The van der Waals surface area contributed by atoms with E-state index in [1.807, 2.05) is 0 Å². The van der Waals surface area contributed by atoms with Crippen LogP contribution < -0.4 is 0 Å². The number of nitrogens with zero attached hydrogens (tertiary/aromatic N) is 4. The largest absolute Gasteiger partial charge is 0.293 e. The maximum Gasteiger partial charge on any atom is 0.257 e. The Morgan fingerprint density at radius 3 is 2.56 bits per heavy atom. The van der Waals surface area contributed by atoms with Crippen LogP contribution in [0.25, 0.3) is 5.57 Å². The zero-order chi connectivity index (χ0) is 19.0. The third-order valence-electron chi connectivity index (χ3n) is 4.89. The Bertz CT molecular complexity index is 1090. The molecule has 6 heteroatoms. The smallest absolute Gasteiger partial charge is 0.257 e. The average molecular weight is 373 g/mol. The van der Waals surface area contributed by atoms with Gasteiger partial charge in [0.05, 0.1) is 24.2 Å². The lowest BCUT2D eigenvalue weighted by Crippen LogP contribution is -2.51. The zero-order valence-electron chi connectivity index (χ0n) is 14.2. The van der Waals surface area contributed by atoms with E-state index in [9.17, 15) is 15.3 Å². The van der Waals surface area contributed by atoms with E-state index >= 15 is 0 Å². The molecule has 0 unspecified atom stereocenters. The minimum atomic E-state index is -1.62. The van der Waals surface area contributed by atoms with Crippen LogP contribution in [-0.4, -0.2) is 29.7 Å². The highest BCUT2D eigenvalue weighted by molar-refractivity contribution is 6.30. The molecule has 0 radical (unpaired) electrons. The lowest BCUT2D eigenvalue weighted by Gasteiger charge is -2.37. The summed E-state index contributed by atoms with van der Waals surface area (Å²) in [5.41, 5.74) is 0.255. The quantitative estimate of drug-likeness (QED) is 0.811. The highest BCUT2D eigenvalue weighted by Crippen LogP contribution is 2.44. The van der Waals surface area contributed by atoms with E-state index in [1.54, 1.807) is 54.6 Å². The molecule has 0 saturated carbocycles. The highest BCUT2D eigenvalue weighted by atomic mass is 35.5. The molecule has 0 aromatic heterocycles. The molecular formula is C21H13ClN4O. The van der Waals surface area contributed by atoms with Gasteiger partial charge in [0, 0.05) is 17.1 Å². The molecule has 2 aliphatic rings. The first-order valence-electron chi connectivity index (χ1n) is 8.37. The van der Waals surface area contributed by atoms with Crippen LogP contribution >= 0.6 is 11.6 Å². The summed E-state index contributed by atoms with van der Waals surface area (Å²) >= 11 is 6.01. The van der Waals surface area contributed by atoms with Crippen LogP contribution in [-0.2, 0) is 10.2 Å². The molecule has 0 saturated heterocycles. The normalized spacial score (nSPS) is 21.0. The summed E-state index contributed by atoms with van der Waals surface area (Å²) in [5.74, 6) is 0.168. The fraction of sp³-hybridized carbons (Fsp3) is 0.143. The van der Waals surface area contributed by atoms with Gasteiger partial charge in [-0.15, -0.1) is 0 Å². The van der Waals surface area contributed by atoms with Crippen molar-refractivity contribution in [3.63, 3.8) is 0 Å². The van der Waals surface area contributed by atoms with Gasteiger partial charge in [-0.25, -0.2) is 0 Å². The molecule has 0 bridgehead atoms. The predicted molar refractivity (Wildman–Crippen MR) is 102 cm³/mol. The Kier molecular flexibility index (Phi) is 4.03. The number of benzene rings is 2. The summed E-state index contributed by atoms with van der Waals surface area (Å²) < 4.78 is 0. The molecule has 0 fully saturated rings. The number of halogens is 1. The number of amides is 1. The van der Waals surface area contributed by atoms with Gasteiger partial charge >= 0.3 is 0 Å². The molecule has 130 valence electrons. The molecule has 4 rings (SSSR count). The van der Waals surface area contributed by atoms with Gasteiger partial charge in [0.1, 0.15) is 5.84 Å². The average Bonchev–Trinajstić information content (AvgIpc) is 3.18. The fourth-order valence-corrected chi connectivity index (χ4v) is 3.74. The number of aliphatic imine (C=N–C) groups is 1. The summed E-state index contributed by atoms with van der Waals surface area (Å²) in [6.45, 7) is 0.920. The fourth-order valence-electron chi connectivity index (χ4n) is 3.61. The van der Waals surface area contributed by atoms with Crippen LogP contribution in [0.4, 0.5) is 0 Å². The number of hydrogen-bond acceptors (Lipinski definition) is 4. The van der Waals surface area contributed by atoms with Crippen molar-refractivity contribution in [2.45, 2.75) is 5.41 Å². The van der Waals surface area contributed by atoms with Gasteiger partial charge in [-0.1, -0.05) is 41.9 Å². The van der Waals surface area contributed by atoms with Gasteiger partial charge in [0.25, 0.3) is 5.91 Å². The Hall–Kier alpha value is -3.41. The van der Waals surface area contributed by atoms with E-state index in [-0.39, 0.29) is 5.91 Å². The minimum Gasteiger partial charge on any atom is -0.293 e. The van der Waals surface area contributed by atoms with Crippen molar-refractivity contribution in [1.82, 2.24) is 4.90 Å².